The lowest BCUT2D eigenvalue weighted by Crippen LogP contribution is -2.54. The van der Waals surface area contributed by atoms with Gasteiger partial charge in [-0.2, -0.15) is 17.5 Å². The van der Waals surface area contributed by atoms with Gasteiger partial charge in [0.1, 0.15) is 9.90 Å². The number of sulfonamides is 1. The van der Waals surface area contributed by atoms with E-state index in [4.69, 9.17) is 0 Å². The maximum absolute atomic E-state index is 13.2. The highest BCUT2D eigenvalue weighted by atomic mass is 32.2. The highest BCUT2D eigenvalue weighted by Gasteiger charge is 2.40. The molecule has 2 unspecified atom stereocenters. The van der Waals surface area contributed by atoms with Gasteiger partial charge in [-0.25, -0.2) is 8.42 Å². The van der Waals surface area contributed by atoms with Crippen molar-refractivity contribution in [3.8, 4) is 10.6 Å². The van der Waals surface area contributed by atoms with Crippen molar-refractivity contribution in [1.29, 1.82) is 0 Å². The molecule has 7 nitrogen and oxygen atoms in total. The second kappa shape index (κ2) is 8.16. The average Bonchev–Trinajstić information content (AvgIpc) is 3.30. The molecule has 0 aromatic carbocycles. The number of hydrogen-bond acceptors (Lipinski definition) is 6. The van der Waals surface area contributed by atoms with Gasteiger partial charge in [-0.1, -0.05) is 11.7 Å². The largest absolute Gasteiger partial charge is 0.452 e. The number of amides is 1. The summed E-state index contributed by atoms with van der Waals surface area (Å²) < 4.78 is 70.2. The summed E-state index contributed by atoms with van der Waals surface area (Å²) in [6.07, 6.45) is -2.65. The topological polar surface area (TPSA) is 92.5 Å². The van der Waals surface area contributed by atoms with Gasteiger partial charge >= 0.3 is 6.18 Å². The maximum Gasteiger partial charge on any atom is 0.452 e. The van der Waals surface area contributed by atoms with E-state index in [0.29, 0.717) is 12.8 Å². The summed E-state index contributed by atoms with van der Waals surface area (Å²) in [6, 6.07) is 2.54. The van der Waals surface area contributed by atoms with Gasteiger partial charge in [-0.15, -0.1) is 11.3 Å². The van der Waals surface area contributed by atoms with Gasteiger partial charge in [-0.05, 0) is 44.9 Å². The zero-order valence-corrected chi connectivity index (χ0v) is 17.8. The molecule has 0 radical (unpaired) electrons. The fourth-order valence-corrected chi connectivity index (χ4v) is 6.84. The van der Waals surface area contributed by atoms with Gasteiger partial charge in [0.15, 0.2) is 0 Å². The van der Waals surface area contributed by atoms with Crippen LogP contribution in [0.15, 0.2) is 39.6 Å². The number of alkyl halides is 3. The van der Waals surface area contributed by atoms with Crippen LogP contribution in [0.2, 0.25) is 0 Å². The minimum Gasteiger partial charge on any atom is -0.351 e. The molecule has 2 aromatic rings. The van der Waals surface area contributed by atoms with E-state index in [9.17, 15) is 26.4 Å². The minimum absolute atomic E-state index is 0.00124. The quantitative estimate of drug-likeness (QED) is 0.684. The van der Waals surface area contributed by atoms with Gasteiger partial charge < -0.3 is 9.84 Å². The first-order valence-corrected chi connectivity index (χ1v) is 11.3. The molecule has 1 aliphatic heterocycles. The highest BCUT2D eigenvalue weighted by molar-refractivity contribution is 7.91. The van der Waals surface area contributed by atoms with Gasteiger partial charge in [0.2, 0.25) is 11.7 Å². The lowest BCUT2D eigenvalue weighted by molar-refractivity contribution is -0.155. The number of carbonyl (C=O) groups excluding carboxylic acids is 1. The SMILES string of the molecule is C=CC(=O)NC1CC(C)N(S(=O)(=O)c2ccc(-c3cc(C(F)(F)F)on3)s2)C(C)C1. The molecule has 2 atom stereocenters. The molecule has 12 heteroatoms. The van der Waals surface area contributed by atoms with E-state index < -0.39 is 22.0 Å². The number of rotatable bonds is 5. The Hall–Kier alpha value is -2.18. The van der Waals surface area contributed by atoms with E-state index in [1.54, 1.807) is 13.8 Å². The van der Waals surface area contributed by atoms with Crippen molar-refractivity contribution in [2.75, 3.05) is 0 Å². The van der Waals surface area contributed by atoms with E-state index >= 15 is 0 Å². The number of nitrogens with zero attached hydrogens (tertiary/aromatic N) is 2. The summed E-state index contributed by atoms with van der Waals surface area (Å²) in [5, 5.41) is 6.19. The van der Waals surface area contributed by atoms with Crippen LogP contribution >= 0.6 is 11.3 Å². The molecular formula is C18H20F3N3O4S2. The third-order valence-corrected chi connectivity index (χ3v) is 8.51. The molecule has 30 heavy (non-hydrogen) atoms. The molecular weight excluding hydrogens is 443 g/mol. The molecule has 0 aliphatic carbocycles. The van der Waals surface area contributed by atoms with Crippen LogP contribution < -0.4 is 5.32 Å². The third kappa shape index (κ3) is 4.44. The molecule has 1 N–H and O–H groups in total. The predicted molar refractivity (Wildman–Crippen MR) is 104 cm³/mol. The molecule has 0 bridgehead atoms. The van der Waals surface area contributed by atoms with Crippen molar-refractivity contribution in [3.63, 3.8) is 0 Å². The van der Waals surface area contributed by atoms with E-state index in [1.807, 2.05) is 0 Å². The van der Waals surface area contributed by atoms with Crippen LogP contribution in [0.25, 0.3) is 10.6 Å². The number of thiophene rings is 1. The summed E-state index contributed by atoms with van der Waals surface area (Å²) in [5.41, 5.74) is -0.0827. The van der Waals surface area contributed by atoms with E-state index in [1.165, 1.54) is 22.5 Å². The first-order valence-electron chi connectivity index (χ1n) is 9.04. The Morgan fingerprint density at radius 2 is 1.97 bits per heavy atom. The van der Waals surface area contributed by atoms with Crippen molar-refractivity contribution in [3.05, 3.63) is 36.6 Å². The fourth-order valence-electron chi connectivity index (χ4n) is 3.64. The fraction of sp³-hybridized carbons (Fsp3) is 0.444. The minimum atomic E-state index is -4.67. The second-order valence-corrected chi connectivity index (χ2v) is 10.3. The molecule has 1 aliphatic rings. The van der Waals surface area contributed by atoms with Crippen molar-refractivity contribution in [2.24, 2.45) is 0 Å². The van der Waals surface area contributed by atoms with E-state index in [-0.39, 0.29) is 38.8 Å². The zero-order valence-electron chi connectivity index (χ0n) is 16.1. The number of carbonyl (C=O) groups is 1. The van der Waals surface area contributed by atoms with Crippen LogP contribution in [0.1, 0.15) is 32.4 Å². The predicted octanol–water partition coefficient (Wildman–Crippen LogP) is 3.65. The monoisotopic (exact) mass is 463 g/mol. The lowest BCUT2D eigenvalue weighted by atomic mass is 9.95. The van der Waals surface area contributed by atoms with Crippen LogP contribution in [-0.4, -0.2) is 41.9 Å². The highest BCUT2D eigenvalue weighted by Crippen LogP contribution is 2.38. The average molecular weight is 464 g/mol. The number of halogens is 3. The summed E-state index contributed by atoms with van der Waals surface area (Å²) in [4.78, 5) is 11.8. The smallest absolute Gasteiger partial charge is 0.351 e. The van der Waals surface area contributed by atoms with Crippen LogP contribution in [0.4, 0.5) is 13.2 Å². The Bertz CT molecular complexity index is 1030. The summed E-state index contributed by atoms with van der Waals surface area (Å²) in [7, 11) is -3.89. The zero-order chi connectivity index (χ0) is 22.3. The number of piperidine rings is 1. The molecule has 1 amide bonds. The Morgan fingerprint density at radius 1 is 1.33 bits per heavy atom. The van der Waals surface area contributed by atoms with E-state index in [2.05, 4.69) is 21.6 Å². The molecule has 1 fully saturated rings. The van der Waals surface area contributed by atoms with Gasteiger partial charge in [0.05, 0.1) is 4.88 Å². The van der Waals surface area contributed by atoms with E-state index in [0.717, 1.165) is 17.4 Å². The van der Waals surface area contributed by atoms with Crippen molar-refractivity contribution in [2.45, 2.75) is 55.2 Å². The van der Waals surface area contributed by atoms with Crippen LogP contribution in [-0.2, 0) is 21.0 Å². The van der Waals surface area contributed by atoms with Gasteiger partial charge in [0.25, 0.3) is 10.0 Å². The lowest BCUT2D eigenvalue weighted by Gasteiger charge is -2.41. The first kappa shape index (κ1) is 22.5. The van der Waals surface area contributed by atoms with Gasteiger partial charge in [-0.3, -0.25) is 4.79 Å². The van der Waals surface area contributed by atoms with Crippen LogP contribution in [0.5, 0.6) is 0 Å². The summed E-state index contributed by atoms with van der Waals surface area (Å²) in [6.45, 7) is 6.91. The molecule has 1 saturated heterocycles. The number of aromatic nitrogens is 1. The normalized spacial score (nSPS) is 23.3. The molecule has 3 heterocycles. The molecule has 0 spiro atoms. The number of hydrogen-bond donors (Lipinski definition) is 1. The van der Waals surface area contributed by atoms with Crippen molar-refractivity contribution in [1.82, 2.24) is 14.8 Å². The Balaban J connectivity index is 1.82. The van der Waals surface area contributed by atoms with Crippen LogP contribution in [0, 0.1) is 0 Å². The molecule has 3 rings (SSSR count). The first-order chi connectivity index (χ1) is 13.9. The molecule has 2 aromatic heterocycles. The maximum atomic E-state index is 13.2. The van der Waals surface area contributed by atoms with Crippen molar-refractivity contribution >= 4 is 27.3 Å². The summed E-state index contributed by atoms with van der Waals surface area (Å²) in [5.74, 6) is -1.56. The Labute approximate surface area is 175 Å². The Morgan fingerprint density at radius 3 is 2.50 bits per heavy atom. The summed E-state index contributed by atoms with van der Waals surface area (Å²) >= 11 is 0.827. The van der Waals surface area contributed by atoms with Gasteiger partial charge in [0, 0.05) is 24.2 Å². The van der Waals surface area contributed by atoms with Crippen LogP contribution in [0.3, 0.4) is 0 Å². The molecule has 164 valence electrons. The second-order valence-electron chi connectivity index (χ2n) is 7.11. The van der Waals surface area contributed by atoms with Crippen molar-refractivity contribution < 1.29 is 30.9 Å². The number of nitrogens with one attached hydrogen (secondary N) is 1. The molecule has 0 saturated carbocycles. The standard InChI is InChI=1S/C18H20F3N3O4S2/c1-4-16(25)22-12-7-10(2)24(11(3)8-12)30(26,27)17-6-5-14(29-17)13-9-15(28-23-13)18(19,20)21/h4-6,9-12H,1,7-8H2,2-3H3,(H,22,25). The third-order valence-electron chi connectivity index (χ3n) is 4.81. The Kier molecular flexibility index (Phi) is 6.12.